The molecule has 7 heteroatoms. The van der Waals surface area contributed by atoms with Gasteiger partial charge in [-0.25, -0.2) is 12.6 Å². The number of aromatic nitrogens is 2. The molecule has 38 heavy (non-hydrogen) atoms. The SMILES string of the molecule is C=C(C)CCC([S-])S.[Ru+]=[CH]c1ccccc1.c1cc(N2CCCC2)ccn1.c1cc(N2CCCC2)ccn1. The second-order valence-corrected chi connectivity index (χ2v) is 11.3. The number of pyridine rings is 2. The van der Waals surface area contributed by atoms with Crippen LogP contribution in [0, 0.1) is 0 Å². The second-order valence-electron chi connectivity index (χ2n) is 9.26. The number of hydrogen-bond acceptors (Lipinski definition) is 6. The van der Waals surface area contributed by atoms with Gasteiger partial charge in [-0.05, 0) is 63.3 Å². The quantitative estimate of drug-likeness (QED) is 0.138. The molecule has 1 atom stereocenters. The fraction of sp³-hybridized carbons (Fsp3) is 0.387. The van der Waals surface area contributed by atoms with Crippen LogP contribution in [-0.2, 0) is 30.5 Å². The first kappa shape index (κ1) is 32.3. The molecule has 2 aliphatic heterocycles. The van der Waals surface area contributed by atoms with Crippen LogP contribution in [0.2, 0.25) is 0 Å². The van der Waals surface area contributed by atoms with Crippen LogP contribution in [0.5, 0.6) is 0 Å². The van der Waals surface area contributed by atoms with Gasteiger partial charge in [-0.2, -0.15) is 0 Å². The molecule has 4 nitrogen and oxygen atoms in total. The van der Waals surface area contributed by atoms with Crippen molar-refractivity contribution in [1.82, 2.24) is 9.97 Å². The summed E-state index contributed by atoms with van der Waals surface area (Å²) in [6.45, 7) is 10.6. The van der Waals surface area contributed by atoms with Crippen molar-refractivity contribution >= 4 is 41.2 Å². The maximum Gasteiger partial charge on any atom is 0.0397 e. The van der Waals surface area contributed by atoms with Gasteiger partial charge in [0.1, 0.15) is 0 Å². The van der Waals surface area contributed by atoms with E-state index in [0.29, 0.717) is 0 Å². The van der Waals surface area contributed by atoms with E-state index in [4.69, 9.17) is 12.6 Å². The molecule has 0 aliphatic carbocycles. The summed E-state index contributed by atoms with van der Waals surface area (Å²) in [6.07, 6.45) is 14.7. The number of rotatable bonds is 6. The van der Waals surface area contributed by atoms with Crippen molar-refractivity contribution in [3.05, 3.63) is 97.1 Å². The first-order valence-corrected chi connectivity index (χ1v) is 15.2. The van der Waals surface area contributed by atoms with E-state index < -0.39 is 0 Å². The van der Waals surface area contributed by atoms with Gasteiger partial charge in [0.2, 0.25) is 0 Å². The first-order chi connectivity index (χ1) is 18.5. The molecular formula is C31H41N4RuS2. The minimum absolute atomic E-state index is 0.103. The van der Waals surface area contributed by atoms with E-state index in [1.165, 1.54) is 74.4 Å². The van der Waals surface area contributed by atoms with Crippen LogP contribution in [0.1, 0.15) is 51.0 Å². The third-order valence-electron chi connectivity index (χ3n) is 6.00. The largest absolute Gasteiger partial charge is 0.371 e. The van der Waals surface area contributed by atoms with Gasteiger partial charge in [0.15, 0.2) is 0 Å². The first-order valence-electron chi connectivity index (χ1n) is 13.2. The minimum Gasteiger partial charge on any atom is -0.371 e. The molecule has 0 bridgehead atoms. The molecule has 0 spiro atoms. The zero-order valence-corrected chi connectivity index (χ0v) is 25.9. The topological polar surface area (TPSA) is 32.3 Å². The van der Waals surface area contributed by atoms with Crippen molar-refractivity contribution in [1.29, 1.82) is 0 Å². The third-order valence-corrected chi connectivity index (χ3v) is 7.08. The number of nitrogens with zero attached hydrogens (tertiary/aromatic N) is 4. The van der Waals surface area contributed by atoms with Crippen molar-refractivity contribution in [3.63, 3.8) is 0 Å². The standard InChI is InChI=1S/2C9H12N2.C7H6.C6H12S2.Ru/c2*1-2-8-11(7-1)9-3-5-10-6-4-9;1-7-5-3-2-4-6-7;1-5(2)3-4-6(7)8;/h2*3-6H,1-2,7-8H2;1-6H;6-8H,1,3-4H2,2H3;/q;;;;+1/p-1. The van der Waals surface area contributed by atoms with E-state index >= 15 is 0 Å². The number of hydrogen-bond donors (Lipinski definition) is 1. The molecule has 5 rings (SSSR count). The Bertz CT molecular complexity index is 956. The molecule has 2 saturated heterocycles. The zero-order valence-electron chi connectivity index (χ0n) is 22.4. The molecular weight excluding hydrogens is 594 g/mol. The Labute approximate surface area is 251 Å². The van der Waals surface area contributed by atoms with E-state index in [2.05, 4.69) is 93.2 Å². The fourth-order valence-corrected chi connectivity index (χ4v) is 4.53. The Morgan fingerprint density at radius 1 is 0.868 bits per heavy atom. The summed E-state index contributed by atoms with van der Waals surface area (Å²) in [5, 5.41) is 0. The maximum absolute atomic E-state index is 4.82. The Morgan fingerprint density at radius 3 is 1.58 bits per heavy atom. The monoisotopic (exact) mass is 635 g/mol. The second kappa shape index (κ2) is 20.0. The normalized spacial score (nSPS) is 14.6. The summed E-state index contributed by atoms with van der Waals surface area (Å²) < 4.78 is 2.12. The average molecular weight is 635 g/mol. The summed E-state index contributed by atoms with van der Waals surface area (Å²) >= 11 is 11.4. The number of allylic oxidation sites excluding steroid dienone is 1. The van der Waals surface area contributed by atoms with Crippen LogP contribution in [-0.4, -0.2) is 45.3 Å². The minimum atomic E-state index is 0.103. The van der Waals surface area contributed by atoms with Crippen LogP contribution >= 0.6 is 12.6 Å². The van der Waals surface area contributed by atoms with Gasteiger partial charge in [-0.1, -0.05) is 12.0 Å². The summed E-state index contributed by atoms with van der Waals surface area (Å²) in [4.78, 5) is 12.8. The molecule has 0 radical (unpaired) electrons. The van der Waals surface area contributed by atoms with Crippen LogP contribution in [0.3, 0.4) is 0 Å². The molecule has 205 valence electrons. The number of benzene rings is 1. The van der Waals surface area contributed by atoms with Crippen LogP contribution in [0.15, 0.2) is 91.5 Å². The predicted octanol–water partition coefficient (Wildman–Crippen LogP) is 6.89. The molecule has 2 aromatic heterocycles. The van der Waals surface area contributed by atoms with Gasteiger partial charge >= 0.3 is 58.4 Å². The Balaban J connectivity index is 0.000000181. The Kier molecular flexibility index (Phi) is 17.0. The van der Waals surface area contributed by atoms with Gasteiger partial charge in [-0.3, -0.25) is 9.97 Å². The van der Waals surface area contributed by atoms with Crippen molar-refractivity contribution in [3.8, 4) is 0 Å². The van der Waals surface area contributed by atoms with Crippen molar-refractivity contribution in [2.45, 2.75) is 50.0 Å². The molecule has 3 aromatic rings. The molecule has 1 unspecified atom stereocenters. The van der Waals surface area contributed by atoms with E-state index in [-0.39, 0.29) is 4.58 Å². The van der Waals surface area contributed by atoms with Gasteiger partial charge in [0.25, 0.3) is 0 Å². The van der Waals surface area contributed by atoms with Gasteiger partial charge in [0.05, 0.1) is 0 Å². The van der Waals surface area contributed by atoms with Crippen molar-refractivity contribution < 1.29 is 17.9 Å². The Hall–Kier alpha value is -1.95. The van der Waals surface area contributed by atoms with Crippen molar-refractivity contribution in [2.75, 3.05) is 36.0 Å². The molecule has 4 heterocycles. The van der Waals surface area contributed by atoms with Crippen LogP contribution in [0.4, 0.5) is 11.4 Å². The summed E-state index contributed by atoms with van der Waals surface area (Å²) in [5.41, 5.74) is 5.08. The van der Waals surface area contributed by atoms with Crippen molar-refractivity contribution in [2.24, 2.45) is 0 Å². The smallest absolute Gasteiger partial charge is 0.0397 e. The van der Waals surface area contributed by atoms with Gasteiger partial charge in [-0.15, -0.1) is 11.2 Å². The van der Waals surface area contributed by atoms with Gasteiger partial charge in [0, 0.05) is 62.3 Å². The number of thiol groups is 1. The molecule has 2 fully saturated rings. The summed E-state index contributed by atoms with van der Waals surface area (Å²) in [6, 6.07) is 18.5. The van der Waals surface area contributed by atoms with E-state index in [0.717, 1.165) is 12.8 Å². The van der Waals surface area contributed by atoms with E-state index in [9.17, 15) is 0 Å². The van der Waals surface area contributed by atoms with Crippen LogP contribution in [0.25, 0.3) is 0 Å². The van der Waals surface area contributed by atoms with Gasteiger partial charge < -0.3 is 22.4 Å². The predicted molar refractivity (Wildman–Crippen MR) is 167 cm³/mol. The fourth-order valence-electron chi connectivity index (χ4n) is 3.95. The maximum atomic E-state index is 4.82. The number of anilines is 2. The third kappa shape index (κ3) is 14.3. The molecule has 0 N–H and O–H groups in total. The molecule has 0 amide bonds. The average Bonchev–Trinajstić information content (AvgIpc) is 3.70. The summed E-state index contributed by atoms with van der Waals surface area (Å²) in [5.74, 6) is 0. The zero-order chi connectivity index (χ0) is 27.4. The van der Waals surface area contributed by atoms with E-state index in [1.807, 2.05) is 54.5 Å². The van der Waals surface area contributed by atoms with E-state index in [1.54, 1.807) is 0 Å². The Morgan fingerprint density at radius 2 is 1.29 bits per heavy atom. The summed E-state index contributed by atoms with van der Waals surface area (Å²) in [7, 11) is 0. The molecule has 0 saturated carbocycles. The molecule has 1 aromatic carbocycles. The molecule has 2 aliphatic rings. The van der Waals surface area contributed by atoms with Crippen LogP contribution < -0.4 is 9.80 Å².